The van der Waals surface area contributed by atoms with Crippen LogP contribution in [0.4, 0.5) is 0 Å². The van der Waals surface area contributed by atoms with Gasteiger partial charge >= 0.3 is 0 Å². The van der Waals surface area contributed by atoms with E-state index in [1.165, 1.54) is 5.56 Å². The van der Waals surface area contributed by atoms with E-state index in [1.54, 1.807) is 13.3 Å². The van der Waals surface area contributed by atoms with E-state index in [1.807, 2.05) is 29.9 Å². The molecule has 132 valence electrons. The van der Waals surface area contributed by atoms with Crippen molar-refractivity contribution in [3.63, 3.8) is 0 Å². The van der Waals surface area contributed by atoms with Crippen LogP contribution in [-0.2, 0) is 30.8 Å². The van der Waals surface area contributed by atoms with E-state index in [-0.39, 0.29) is 0 Å². The van der Waals surface area contributed by atoms with Gasteiger partial charge in [-0.1, -0.05) is 40.7 Å². The molecule has 3 aromatic rings. The maximum absolute atomic E-state index is 5.28. The summed E-state index contributed by atoms with van der Waals surface area (Å²) in [5.74, 6) is 1.26. The van der Waals surface area contributed by atoms with Crippen LogP contribution >= 0.6 is 0 Å². The molecule has 8 heteroatoms. The van der Waals surface area contributed by atoms with Gasteiger partial charge in [0.15, 0.2) is 5.82 Å². The van der Waals surface area contributed by atoms with Crippen molar-refractivity contribution >= 4 is 0 Å². The van der Waals surface area contributed by atoms with Crippen molar-refractivity contribution in [1.82, 2.24) is 30.0 Å². The van der Waals surface area contributed by atoms with Crippen LogP contribution in [0, 0.1) is 0 Å². The Kier molecular flexibility index (Phi) is 5.86. The monoisotopic (exact) mass is 342 g/mol. The molecule has 3 rings (SSSR count). The van der Waals surface area contributed by atoms with Gasteiger partial charge in [-0.2, -0.15) is 4.98 Å². The standard InChI is InChI=1S/C17H22N6O2/c1-22(13-17-19-16(20-25-17)8-9-24-2)12-15-10-18-21-23(15)11-14-6-4-3-5-7-14/h3-7,10H,8-9,11-13H2,1-2H3. The molecule has 0 atom stereocenters. The molecule has 0 aliphatic rings. The number of rotatable bonds is 9. The first-order valence-corrected chi connectivity index (χ1v) is 8.15. The van der Waals surface area contributed by atoms with E-state index in [4.69, 9.17) is 9.26 Å². The zero-order valence-electron chi connectivity index (χ0n) is 14.5. The Bertz CT molecular complexity index is 770. The highest BCUT2D eigenvalue weighted by atomic mass is 16.5. The van der Waals surface area contributed by atoms with Crippen LogP contribution in [0.5, 0.6) is 0 Å². The summed E-state index contributed by atoms with van der Waals surface area (Å²) in [4.78, 5) is 6.46. The highest BCUT2D eigenvalue weighted by molar-refractivity contribution is 5.15. The third-order valence-electron chi connectivity index (χ3n) is 3.75. The van der Waals surface area contributed by atoms with Gasteiger partial charge in [0.25, 0.3) is 0 Å². The van der Waals surface area contributed by atoms with E-state index in [0.29, 0.717) is 44.4 Å². The quantitative estimate of drug-likeness (QED) is 0.583. The molecular weight excluding hydrogens is 320 g/mol. The third-order valence-corrected chi connectivity index (χ3v) is 3.75. The molecule has 0 saturated heterocycles. The van der Waals surface area contributed by atoms with E-state index < -0.39 is 0 Å². The van der Waals surface area contributed by atoms with Gasteiger partial charge in [0.2, 0.25) is 5.89 Å². The highest BCUT2D eigenvalue weighted by Gasteiger charge is 2.12. The predicted octanol–water partition coefficient (Wildman–Crippen LogP) is 1.53. The predicted molar refractivity (Wildman–Crippen MR) is 90.6 cm³/mol. The first kappa shape index (κ1) is 17.2. The average molecular weight is 342 g/mol. The number of benzene rings is 1. The van der Waals surface area contributed by atoms with Crippen LogP contribution in [0.3, 0.4) is 0 Å². The van der Waals surface area contributed by atoms with Gasteiger partial charge in [-0.15, -0.1) is 5.10 Å². The van der Waals surface area contributed by atoms with Crippen LogP contribution in [-0.4, -0.2) is 50.8 Å². The van der Waals surface area contributed by atoms with Crippen LogP contribution in [0.15, 0.2) is 41.1 Å². The van der Waals surface area contributed by atoms with E-state index in [2.05, 4.69) is 37.5 Å². The summed E-state index contributed by atoms with van der Waals surface area (Å²) < 4.78 is 12.2. The van der Waals surface area contributed by atoms with Crippen molar-refractivity contribution < 1.29 is 9.26 Å². The maximum atomic E-state index is 5.28. The lowest BCUT2D eigenvalue weighted by Crippen LogP contribution is -2.20. The van der Waals surface area contributed by atoms with E-state index >= 15 is 0 Å². The summed E-state index contributed by atoms with van der Waals surface area (Å²) in [6, 6.07) is 10.2. The largest absolute Gasteiger partial charge is 0.384 e. The summed E-state index contributed by atoms with van der Waals surface area (Å²) in [6.07, 6.45) is 2.44. The number of hydrogen-bond acceptors (Lipinski definition) is 7. The van der Waals surface area contributed by atoms with Crippen molar-refractivity contribution in [3.8, 4) is 0 Å². The minimum Gasteiger partial charge on any atom is -0.384 e. The maximum Gasteiger partial charge on any atom is 0.240 e. The van der Waals surface area contributed by atoms with Crippen molar-refractivity contribution in [3.05, 3.63) is 59.5 Å². The number of nitrogens with zero attached hydrogens (tertiary/aromatic N) is 6. The molecule has 8 nitrogen and oxygen atoms in total. The molecule has 0 aliphatic carbocycles. The molecule has 0 spiro atoms. The van der Waals surface area contributed by atoms with Gasteiger partial charge in [-0.3, -0.25) is 4.90 Å². The zero-order valence-corrected chi connectivity index (χ0v) is 14.5. The Morgan fingerprint density at radius 1 is 1.20 bits per heavy atom. The zero-order chi connectivity index (χ0) is 17.5. The van der Waals surface area contributed by atoms with Gasteiger partial charge in [0.1, 0.15) is 0 Å². The molecule has 1 aromatic carbocycles. The molecule has 25 heavy (non-hydrogen) atoms. The number of methoxy groups -OCH3 is 1. The molecule has 0 radical (unpaired) electrons. The fourth-order valence-electron chi connectivity index (χ4n) is 2.50. The first-order chi connectivity index (χ1) is 12.2. The van der Waals surface area contributed by atoms with Crippen molar-refractivity contribution in [2.24, 2.45) is 0 Å². The van der Waals surface area contributed by atoms with E-state index in [0.717, 1.165) is 5.69 Å². The lowest BCUT2D eigenvalue weighted by molar-refractivity contribution is 0.199. The Morgan fingerprint density at radius 3 is 2.84 bits per heavy atom. The normalized spacial score (nSPS) is 11.3. The SMILES string of the molecule is COCCc1noc(CN(C)Cc2cnnn2Cc2ccccc2)n1. The second-order valence-corrected chi connectivity index (χ2v) is 5.89. The molecule has 0 bridgehead atoms. The number of aromatic nitrogens is 5. The molecule has 0 fully saturated rings. The number of hydrogen-bond donors (Lipinski definition) is 0. The summed E-state index contributed by atoms with van der Waals surface area (Å²) in [6.45, 7) is 2.54. The van der Waals surface area contributed by atoms with Crippen molar-refractivity contribution in [2.75, 3.05) is 20.8 Å². The molecule has 0 saturated carbocycles. The Morgan fingerprint density at radius 2 is 2.04 bits per heavy atom. The summed E-state index contributed by atoms with van der Waals surface area (Å²) in [5, 5.41) is 12.2. The van der Waals surface area contributed by atoms with Gasteiger partial charge in [0.05, 0.1) is 31.6 Å². The third kappa shape index (κ3) is 4.94. The Hall–Kier alpha value is -2.58. The van der Waals surface area contributed by atoms with Gasteiger partial charge < -0.3 is 9.26 Å². The van der Waals surface area contributed by atoms with Gasteiger partial charge in [-0.05, 0) is 12.6 Å². The molecule has 2 aromatic heterocycles. The van der Waals surface area contributed by atoms with Crippen molar-refractivity contribution in [1.29, 1.82) is 0 Å². The fourth-order valence-corrected chi connectivity index (χ4v) is 2.50. The summed E-state index contributed by atoms with van der Waals surface area (Å²) >= 11 is 0. The first-order valence-electron chi connectivity index (χ1n) is 8.15. The Labute approximate surface area is 146 Å². The molecular formula is C17H22N6O2. The second-order valence-electron chi connectivity index (χ2n) is 5.89. The lowest BCUT2D eigenvalue weighted by Gasteiger charge is -2.14. The molecule has 0 unspecified atom stereocenters. The van der Waals surface area contributed by atoms with Crippen LogP contribution in [0.2, 0.25) is 0 Å². The van der Waals surface area contributed by atoms with Crippen molar-refractivity contribution in [2.45, 2.75) is 26.1 Å². The second kappa shape index (κ2) is 8.50. The van der Waals surface area contributed by atoms with Crippen LogP contribution in [0.25, 0.3) is 0 Å². The van der Waals surface area contributed by atoms with E-state index in [9.17, 15) is 0 Å². The molecule has 2 heterocycles. The fraction of sp³-hybridized carbons (Fsp3) is 0.412. The minimum absolute atomic E-state index is 0.566. The van der Waals surface area contributed by atoms with Gasteiger partial charge in [-0.25, -0.2) is 4.68 Å². The molecule has 0 amide bonds. The Balaban J connectivity index is 1.57. The minimum atomic E-state index is 0.566. The summed E-state index contributed by atoms with van der Waals surface area (Å²) in [7, 11) is 3.65. The topological polar surface area (TPSA) is 82.1 Å². The average Bonchev–Trinajstić information content (AvgIpc) is 3.24. The van der Waals surface area contributed by atoms with Crippen LogP contribution < -0.4 is 0 Å². The highest BCUT2D eigenvalue weighted by Crippen LogP contribution is 2.09. The summed E-state index contributed by atoms with van der Waals surface area (Å²) in [5.41, 5.74) is 2.22. The lowest BCUT2D eigenvalue weighted by atomic mass is 10.2. The number of ether oxygens (including phenoxy) is 1. The van der Waals surface area contributed by atoms with Gasteiger partial charge in [0, 0.05) is 20.1 Å². The van der Waals surface area contributed by atoms with Crippen LogP contribution in [0.1, 0.15) is 23.0 Å². The molecule has 0 aliphatic heterocycles. The smallest absolute Gasteiger partial charge is 0.240 e. The molecule has 0 N–H and O–H groups in total.